The van der Waals surface area contributed by atoms with E-state index in [1.165, 1.54) is 6.42 Å². The maximum Gasteiger partial charge on any atom is 0.375 e. The van der Waals surface area contributed by atoms with Crippen molar-refractivity contribution in [3.63, 3.8) is 0 Å². The Morgan fingerprint density at radius 2 is 2.08 bits per heavy atom. The summed E-state index contributed by atoms with van der Waals surface area (Å²) in [6.45, 7) is 3.66. The molecule has 1 aliphatic rings. The fraction of sp³-hybridized carbons (Fsp3) is 0.474. The second-order valence-corrected chi connectivity index (χ2v) is 7.62. The van der Waals surface area contributed by atoms with E-state index >= 15 is 0 Å². The molecule has 6 heteroatoms. The molecule has 25 heavy (non-hydrogen) atoms. The number of fused-ring (bicyclic) bond motifs is 1. The molecule has 5 nitrogen and oxygen atoms in total. The van der Waals surface area contributed by atoms with Gasteiger partial charge < -0.3 is 14.5 Å². The lowest BCUT2D eigenvalue weighted by Crippen LogP contribution is -2.42. The average molecular weight is 408 g/mol. The molecule has 1 N–H and O–H groups in total. The van der Waals surface area contributed by atoms with Crippen LogP contribution in [0.2, 0.25) is 0 Å². The van der Waals surface area contributed by atoms with E-state index in [1.807, 2.05) is 12.1 Å². The van der Waals surface area contributed by atoms with E-state index in [0.29, 0.717) is 17.1 Å². The highest BCUT2D eigenvalue weighted by Crippen LogP contribution is 2.28. The highest BCUT2D eigenvalue weighted by Gasteiger charge is 2.24. The van der Waals surface area contributed by atoms with Gasteiger partial charge in [0.05, 0.1) is 0 Å². The van der Waals surface area contributed by atoms with Gasteiger partial charge in [-0.3, -0.25) is 4.79 Å². The number of nitrogens with one attached hydrogen (secondary N) is 1. The second-order valence-electron chi connectivity index (χ2n) is 6.71. The summed E-state index contributed by atoms with van der Waals surface area (Å²) in [6.07, 6.45) is 4.45. The van der Waals surface area contributed by atoms with Crippen molar-refractivity contribution in [2.45, 2.75) is 45.6 Å². The van der Waals surface area contributed by atoms with Gasteiger partial charge >= 0.3 is 5.97 Å². The Morgan fingerprint density at radius 3 is 2.84 bits per heavy atom. The van der Waals surface area contributed by atoms with Crippen molar-refractivity contribution in [2.24, 2.45) is 5.92 Å². The lowest BCUT2D eigenvalue weighted by Gasteiger charge is -2.29. The van der Waals surface area contributed by atoms with Gasteiger partial charge in [0.1, 0.15) is 5.58 Å². The quantitative estimate of drug-likeness (QED) is 0.764. The fourth-order valence-corrected chi connectivity index (χ4v) is 3.72. The predicted molar refractivity (Wildman–Crippen MR) is 98.5 cm³/mol. The van der Waals surface area contributed by atoms with Crippen LogP contribution in [-0.4, -0.2) is 24.5 Å². The fourth-order valence-electron chi connectivity index (χ4n) is 3.36. The monoisotopic (exact) mass is 407 g/mol. The minimum atomic E-state index is -0.614. The maximum absolute atomic E-state index is 12.3. The molecule has 1 fully saturated rings. The molecular formula is C19H22BrNO4. The molecule has 1 saturated carbocycles. The third-order valence-corrected chi connectivity index (χ3v) is 5.37. The lowest BCUT2D eigenvalue weighted by atomic mass is 9.86. The molecule has 1 amide bonds. The molecular weight excluding hydrogens is 386 g/mol. The first kappa shape index (κ1) is 18.0. The topological polar surface area (TPSA) is 68.5 Å². The Kier molecular flexibility index (Phi) is 5.47. The van der Waals surface area contributed by atoms with E-state index in [0.717, 1.165) is 29.1 Å². The van der Waals surface area contributed by atoms with Gasteiger partial charge in [-0.05, 0) is 43.9 Å². The van der Waals surface area contributed by atoms with Crippen LogP contribution in [-0.2, 0) is 9.53 Å². The van der Waals surface area contributed by atoms with Gasteiger partial charge in [-0.1, -0.05) is 35.7 Å². The van der Waals surface area contributed by atoms with Crippen LogP contribution in [0, 0.1) is 12.8 Å². The maximum atomic E-state index is 12.3. The zero-order valence-electron chi connectivity index (χ0n) is 14.4. The molecule has 2 aromatic rings. The lowest BCUT2D eigenvalue weighted by molar-refractivity contribution is -0.125. The van der Waals surface area contributed by atoms with Crippen LogP contribution in [0.25, 0.3) is 11.0 Å². The normalized spacial score (nSPS) is 20.4. The molecule has 0 spiro atoms. The number of halogens is 1. The first-order valence-electron chi connectivity index (χ1n) is 8.61. The summed E-state index contributed by atoms with van der Waals surface area (Å²) in [5.74, 6) is -0.267. The van der Waals surface area contributed by atoms with Crippen LogP contribution in [0.15, 0.2) is 27.1 Å². The van der Waals surface area contributed by atoms with Crippen LogP contribution in [0.4, 0.5) is 0 Å². The molecule has 0 unspecified atom stereocenters. The molecule has 1 aromatic carbocycles. The molecule has 1 aromatic heterocycles. The van der Waals surface area contributed by atoms with Gasteiger partial charge in [0.15, 0.2) is 6.61 Å². The van der Waals surface area contributed by atoms with Gasteiger partial charge in [0.25, 0.3) is 5.91 Å². The minimum absolute atomic E-state index is 0.145. The van der Waals surface area contributed by atoms with Crippen molar-refractivity contribution in [1.82, 2.24) is 5.32 Å². The van der Waals surface area contributed by atoms with E-state index in [2.05, 4.69) is 28.2 Å². The van der Waals surface area contributed by atoms with E-state index in [4.69, 9.17) is 9.15 Å². The number of ether oxygens (including phenoxy) is 1. The molecule has 1 heterocycles. The summed E-state index contributed by atoms with van der Waals surface area (Å²) in [4.78, 5) is 24.3. The van der Waals surface area contributed by atoms with E-state index in [9.17, 15) is 9.59 Å². The Bertz CT molecular complexity index is 798. The van der Waals surface area contributed by atoms with Crippen LogP contribution in [0.1, 0.15) is 48.7 Å². The molecule has 0 bridgehead atoms. The largest absolute Gasteiger partial charge is 0.450 e. The van der Waals surface area contributed by atoms with Gasteiger partial charge in [-0.15, -0.1) is 0 Å². The molecule has 1 aliphatic carbocycles. The Morgan fingerprint density at radius 1 is 1.32 bits per heavy atom. The Balaban J connectivity index is 1.61. The summed E-state index contributed by atoms with van der Waals surface area (Å²) >= 11 is 3.40. The molecule has 3 rings (SSSR count). The van der Waals surface area contributed by atoms with Gasteiger partial charge in [0, 0.05) is 21.5 Å². The zero-order chi connectivity index (χ0) is 18.0. The number of rotatable bonds is 4. The van der Waals surface area contributed by atoms with Crippen molar-refractivity contribution in [1.29, 1.82) is 0 Å². The van der Waals surface area contributed by atoms with Crippen LogP contribution < -0.4 is 5.32 Å². The molecule has 0 radical (unpaired) electrons. The molecule has 134 valence electrons. The van der Waals surface area contributed by atoms with Crippen molar-refractivity contribution >= 4 is 38.8 Å². The molecule has 0 saturated heterocycles. The highest BCUT2D eigenvalue weighted by atomic mass is 79.9. The van der Waals surface area contributed by atoms with Crippen molar-refractivity contribution in [3.8, 4) is 0 Å². The Hall–Kier alpha value is -1.82. The third kappa shape index (κ3) is 4.06. The van der Waals surface area contributed by atoms with E-state index < -0.39 is 5.97 Å². The predicted octanol–water partition coefficient (Wildman–Crippen LogP) is 4.36. The number of furan rings is 1. The second kappa shape index (κ2) is 7.60. The summed E-state index contributed by atoms with van der Waals surface area (Å²) in [5, 5.41) is 3.82. The highest BCUT2D eigenvalue weighted by molar-refractivity contribution is 9.10. The van der Waals surface area contributed by atoms with Gasteiger partial charge in [-0.2, -0.15) is 0 Å². The minimum Gasteiger partial charge on any atom is -0.450 e. The number of carbonyl (C=O) groups excluding carboxylic acids is 2. The van der Waals surface area contributed by atoms with Crippen molar-refractivity contribution in [3.05, 3.63) is 34.0 Å². The summed E-state index contributed by atoms with van der Waals surface area (Å²) < 4.78 is 11.6. The third-order valence-electron chi connectivity index (χ3n) is 4.88. The number of amides is 1. The first-order valence-corrected chi connectivity index (χ1v) is 9.40. The number of benzene rings is 1. The number of carbonyl (C=O) groups is 2. The molecule has 0 aliphatic heterocycles. The van der Waals surface area contributed by atoms with Crippen LogP contribution in [0.5, 0.6) is 0 Å². The zero-order valence-corrected chi connectivity index (χ0v) is 16.0. The first-order chi connectivity index (χ1) is 12.0. The van der Waals surface area contributed by atoms with Crippen molar-refractivity contribution < 1.29 is 18.7 Å². The van der Waals surface area contributed by atoms with Crippen molar-refractivity contribution in [2.75, 3.05) is 6.61 Å². The number of hydrogen-bond acceptors (Lipinski definition) is 4. The van der Waals surface area contributed by atoms with E-state index in [1.54, 1.807) is 13.0 Å². The van der Waals surface area contributed by atoms with Gasteiger partial charge in [-0.25, -0.2) is 4.79 Å². The Labute approximate surface area is 155 Å². The van der Waals surface area contributed by atoms with E-state index in [-0.39, 0.29) is 24.3 Å². The SMILES string of the molecule is Cc1c(C(=O)OCC(=O)N[C@H]2CCCC[C@@H]2C)oc2ccc(Br)cc12. The summed E-state index contributed by atoms with van der Waals surface area (Å²) in [7, 11) is 0. The standard InChI is InChI=1S/C19H22BrNO4/c1-11-5-3-4-6-15(11)21-17(22)10-24-19(23)18-12(2)14-9-13(20)7-8-16(14)25-18/h7-9,11,15H,3-6,10H2,1-2H3,(H,21,22)/t11-,15-/m0/s1. The summed E-state index contributed by atoms with van der Waals surface area (Å²) in [6, 6.07) is 5.70. The van der Waals surface area contributed by atoms with Crippen LogP contribution >= 0.6 is 15.9 Å². The summed E-state index contributed by atoms with van der Waals surface area (Å²) in [5.41, 5.74) is 1.33. The average Bonchev–Trinajstić information content (AvgIpc) is 2.91. The number of aryl methyl sites for hydroxylation is 1. The smallest absolute Gasteiger partial charge is 0.375 e. The van der Waals surface area contributed by atoms with Crippen LogP contribution in [0.3, 0.4) is 0 Å². The number of esters is 1. The number of hydrogen-bond donors (Lipinski definition) is 1. The van der Waals surface area contributed by atoms with Gasteiger partial charge in [0.2, 0.25) is 5.76 Å². The molecule has 2 atom stereocenters.